The zero-order valence-corrected chi connectivity index (χ0v) is 12.9. The molecule has 0 fully saturated rings. The lowest BCUT2D eigenvalue weighted by molar-refractivity contribution is 0.0953. The fraction of sp³-hybridized carbons (Fsp3) is 0.176. The Kier molecular flexibility index (Phi) is 5.14. The summed E-state index contributed by atoms with van der Waals surface area (Å²) in [6, 6.07) is 9.74. The van der Waals surface area contributed by atoms with E-state index in [4.69, 9.17) is 4.42 Å². The SMILES string of the molecule is Cc1occc1C(=O)N/N=C\C=C\c1ccc(N(C)C)cc1. The second-order valence-electron chi connectivity index (χ2n) is 4.95. The summed E-state index contributed by atoms with van der Waals surface area (Å²) in [7, 11) is 4.00. The van der Waals surface area contributed by atoms with Crippen LogP contribution in [-0.4, -0.2) is 26.2 Å². The second-order valence-corrected chi connectivity index (χ2v) is 4.95. The minimum atomic E-state index is -0.286. The Hall–Kier alpha value is -2.82. The van der Waals surface area contributed by atoms with Gasteiger partial charge in [-0.05, 0) is 36.8 Å². The maximum Gasteiger partial charge on any atom is 0.274 e. The van der Waals surface area contributed by atoms with Crippen molar-refractivity contribution in [2.45, 2.75) is 6.92 Å². The van der Waals surface area contributed by atoms with Gasteiger partial charge in [0.1, 0.15) is 5.76 Å². The molecule has 2 aromatic rings. The highest BCUT2D eigenvalue weighted by Crippen LogP contribution is 2.12. The Bertz CT molecular complexity index is 682. The van der Waals surface area contributed by atoms with E-state index in [0.717, 1.165) is 11.3 Å². The molecule has 0 aliphatic rings. The summed E-state index contributed by atoms with van der Waals surface area (Å²) in [6.45, 7) is 1.73. The zero-order chi connectivity index (χ0) is 15.9. The van der Waals surface area contributed by atoms with Crippen molar-refractivity contribution < 1.29 is 9.21 Å². The van der Waals surface area contributed by atoms with E-state index in [9.17, 15) is 4.79 Å². The number of carbonyl (C=O) groups excluding carboxylic acids is 1. The highest BCUT2D eigenvalue weighted by atomic mass is 16.3. The van der Waals surface area contributed by atoms with Crippen molar-refractivity contribution in [1.82, 2.24) is 5.43 Å². The third-order valence-electron chi connectivity index (χ3n) is 3.13. The number of amides is 1. The minimum Gasteiger partial charge on any atom is -0.469 e. The second kappa shape index (κ2) is 7.26. The van der Waals surface area contributed by atoms with Crippen molar-refractivity contribution in [1.29, 1.82) is 0 Å². The predicted octanol–water partition coefficient (Wildman–Crippen LogP) is 3.08. The molecule has 1 aromatic carbocycles. The van der Waals surface area contributed by atoms with Crippen molar-refractivity contribution >= 4 is 23.9 Å². The first-order valence-electron chi connectivity index (χ1n) is 6.89. The topological polar surface area (TPSA) is 57.8 Å². The van der Waals surface area contributed by atoms with Gasteiger partial charge < -0.3 is 9.32 Å². The molecule has 0 spiro atoms. The molecule has 0 radical (unpaired) electrons. The monoisotopic (exact) mass is 297 g/mol. The summed E-state index contributed by atoms with van der Waals surface area (Å²) in [5, 5.41) is 3.87. The number of benzene rings is 1. The van der Waals surface area contributed by atoms with Crippen LogP contribution in [0.2, 0.25) is 0 Å². The van der Waals surface area contributed by atoms with Crippen molar-refractivity contribution in [2.75, 3.05) is 19.0 Å². The van der Waals surface area contributed by atoms with Gasteiger partial charge in [0.15, 0.2) is 0 Å². The number of anilines is 1. The van der Waals surface area contributed by atoms with Crippen molar-refractivity contribution in [3.63, 3.8) is 0 Å². The number of nitrogens with one attached hydrogen (secondary N) is 1. The van der Waals surface area contributed by atoms with Crippen LogP contribution in [0.1, 0.15) is 21.7 Å². The van der Waals surface area contributed by atoms with Crippen molar-refractivity contribution in [3.05, 3.63) is 59.6 Å². The summed E-state index contributed by atoms with van der Waals surface area (Å²) in [4.78, 5) is 13.8. The average Bonchev–Trinajstić information content (AvgIpc) is 2.93. The third kappa shape index (κ3) is 4.09. The molecule has 0 saturated carbocycles. The van der Waals surface area contributed by atoms with E-state index in [1.807, 2.05) is 49.3 Å². The predicted molar refractivity (Wildman–Crippen MR) is 89.2 cm³/mol. The first-order chi connectivity index (χ1) is 10.6. The average molecular weight is 297 g/mol. The molecule has 5 nitrogen and oxygen atoms in total. The van der Waals surface area contributed by atoms with Gasteiger partial charge in [-0.25, -0.2) is 5.43 Å². The van der Waals surface area contributed by atoms with E-state index in [-0.39, 0.29) is 5.91 Å². The Morgan fingerprint density at radius 3 is 2.55 bits per heavy atom. The Balaban J connectivity index is 1.87. The Morgan fingerprint density at radius 1 is 1.23 bits per heavy atom. The molecule has 0 unspecified atom stereocenters. The lowest BCUT2D eigenvalue weighted by Gasteiger charge is -2.11. The van der Waals surface area contributed by atoms with Gasteiger partial charge in [-0.2, -0.15) is 5.10 Å². The largest absolute Gasteiger partial charge is 0.469 e. The van der Waals surface area contributed by atoms with Crippen LogP contribution in [0.4, 0.5) is 5.69 Å². The van der Waals surface area contributed by atoms with Crippen LogP contribution in [-0.2, 0) is 0 Å². The number of hydrazone groups is 1. The van der Waals surface area contributed by atoms with Crippen LogP contribution in [0.5, 0.6) is 0 Å². The molecule has 1 heterocycles. The first kappa shape index (κ1) is 15.6. The number of carbonyl (C=O) groups is 1. The first-order valence-corrected chi connectivity index (χ1v) is 6.89. The standard InChI is InChI=1S/C17H19N3O2/c1-13-16(10-12-22-13)17(21)19-18-11-4-5-14-6-8-15(9-7-14)20(2)3/h4-12H,1-3H3,(H,19,21)/b5-4+,18-11-. The molecular weight excluding hydrogens is 278 g/mol. The van der Waals surface area contributed by atoms with Crippen LogP contribution >= 0.6 is 0 Å². The van der Waals surface area contributed by atoms with E-state index in [2.05, 4.69) is 10.5 Å². The number of aryl methyl sites for hydroxylation is 1. The Labute approximate surface area is 129 Å². The summed E-state index contributed by atoms with van der Waals surface area (Å²) < 4.78 is 5.07. The van der Waals surface area contributed by atoms with E-state index in [1.54, 1.807) is 19.1 Å². The molecule has 1 aromatic heterocycles. The van der Waals surface area contributed by atoms with Crippen LogP contribution < -0.4 is 10.3 Å². The summed E-state index contributed by atoms with van der Waals surface area (Å²) in [5.41, 5.74) is 5.15. The zero-order valence-electron chi connectivity index (χ0n) is 12.9. The molecule has 5 heteroatoms. The van der Waals surface area contributed by atoms with Gasteiger partial charge >= 0.3 is 0 Å². The number of rotatable bonds is 5. The van der Waals surface area contributed by atoms with Gasteiger partial charge in [-0.3, -0.25) is 4.79 Å². The molecule has 1 N–H and O–H groups in total. The van der Waals surface area contributed by atoms with E-state index in [0.29, 0.717) is 11.3 Å². The van der Waals surface area contributed by atoms with Crippen molar-refractivity contribution in [3.8, 4) is 0 Å². The lowest BCUT2D eigenvalue weighted by Crippen LogP contribution is -2.17. The van der Waals surface area contributed by atoms with Gasteiger partial charge in [0.2, 0.25) is 0 Å². The number of hydrogen-bond acceptors (Lipinski definition) is 4. The maximum absolute atomic E-state index is 11.7. The summed E-state index contributed by atoms with van der Waals surface area (Å²) in [6.07, 6.45) is 6.70. The lowest BCUT2D eigenvalue weighted by atomic mass is 10.2. The number of furan rings is 1. The van der Waals surface area contributed by atoms with Crippen LogP contribution in [0, 0.1) is 6.92 Å². The van der Waals surface area contributed by atoms with Crippen LogP contribution in [0.15, 0.2) is 52.2 Å². The fourth-order valence-corrected chi connectivity index (χ4v) is 1.86. The quantitative estimate of drug-likeness (QED) is 0.681. The van der Waals surface area contributed by atoms with E-state index < -0.39 is 0 Å². The smallest absolute Gasteiger partial charge is 0.274 e. The van der Waals surface area contributed by atoms with Gasteiger partial charge in [0, 0.05) is 26.0 Å². The highest BCUT2D eigenvalue weighted by molar-refractivity contribution is 5.95. The normalized spacial score (nSPS) is 11.2. The van der Waals surface area contributed by atoms with Crippen LogP contribution in [0.3, 0.4) is 0 Å². The number of allylic oxidation sites excluding steroid dienone is 1. The molecule has 0 bridgehead atoms. The Morgan fingerprint density at radius 2 is 1.95 bits per heavy atom. The minimum absolute atomic E-state index is 0.286. The highest BCUT2D eigenvalue weighted by Gasteiger charge is 2.09. The number of nitrogens with zero attached hydrogens (tertiary/aromatic N) is 2. The van der Waals surface area contributed by atoms with Gasteiger partial charge in [0.25, 0.3) is 5.91 Å². The third-order valence-corrected chi connectivity index (χ3v) is 3.13. The number of hydrogen-bond donors (Lipinski definition) is 1. The van der Waals surface area contributed by atoms with Gasteiger partial charge in [0.05, 0.1) is 11.8 Å². The maximum atomic E-state index is 11.7. The van der Waals surface area contributed by atoms with Crippen molar-refractivity contribution in [2.24, 2.45) is 5.10 Å². The molecule has 1 amide bonds. The fourth-order valence-electron chi connectivity index (χ4n) is 1.86. The van der Waals surface area contributed by atoms with E-state index in [1.165, 1.54) is 12.5 Å². The van der Waals surface area contributed by atoms with Gasteiger partial charge in [-0.1, -0.05) is 18.2 Å². The molecule has 114 valence electrons. The van der Waals surface area contributed by atoms with Crippen LogP contribution in [0.25, 0.3) is 6.08 Å². The molecule has 0 atom stereocenters. The molecule has 0 saturated heterocycles. The molecular formula is C17H19N3O2. The summed E-state index contributed by atoms with van der Waals surface area (Å²) in [5.74, 6) is 0.287. The molecule has 22 heavy (non-hydrogen) atoms. The van der Waals surface area contributed by atoms with Gasteiger partial charge in [-0.15, -0.1) is 0 Å². The molecule has 0 aliphatic carbocycles. The molecule has 0 aliphatic heterocycles. The van der Waals surface area contributed by atoms with E-state index >= 15 is 0 Å². The molecule has 2 rings (SSSR count). The summed E-state index contributed by atoms with van der Waals surface area (Å²) >= 11 is 0.